The van der Waals surface area contributed by atoms with E-state index in [1.807, 2.05) is 23.1 Å². The number of carbonyl (C=O) groups is 1. The molecule has 0 bridgehead atoms. The number of para-hydroxylation sites is 2. The van der Waals surface area contributed by atoms with Crippen LogP contribution in [0.25, 0.3) is 0 Å². The standard InChI is InChI=1S/C16H19N5O/c1-20-8-9-21(14-5-3-2-4-13(14)20)16(22)15-11-10-17-7-6-12(11)18-19-15/h2-5,17H,6-10H2,1H3,(H,18,19). The van der Waals surface area contributed by atoms with Gasteiger partial charge in [-0.3, -0.25) is 9.89 Å². The maximum absolute atomic E-state index is 13.0. The van der Waals surface area contributed by atoms with Crippen LogP contribution >= 0.6 is 0 Å². The van der Waals surface area contributed by atoms with E-state index in [4.69, 9.17) is 0 Å². The molecule has 0 fully saturated rings. The van der Waals surface area contributed by atoms with Crippen molar-refractivity contribution >= 4 is 17.3 Å². The van der Waals surface area contributed by atoms with E-state index < -0.39 is 0 Å². The minimum Gasteiger partial charge on any atom is -0.371 e. The molecule has 1 aromatic heterocycles. The van der Waals surface area contributed by atoms with Crippen LogP contribution in [0.4, 0.5) is 11.4 Å². The number of rotatable bonds is 1. The molecule has 6 nitrogen and oxygen atoms in total. The van der Waals surface area contributed by atoms with Crippen molar-refractivity contribution in [1.29, 1.82) is 0 Å². The van der Waals surface area contributed by atoms with Crippen LogP contribution in [-0.2, 0) is 13.0 Å². The zero-order valence-electron chi connectivity index (χ0n) is 12.6. The predicted octanol–water partition coefficient (Wildman–Crippen LogP) is 1.15. The number of anilines is 2. The molecule has 2 aliphatic rings. The molecule has 2 aromatic rings. The molecule has 6 heteroatoms. The number of fused-ring (bicyclic) bond motifs is 2. The van der Waals surface area contributed by atoms with Gasteiger partial charge >= 0.3 is 0 Å². The highest BCUT2D eigenvalue weighted by atomic mass is 16.2. The third kappa shape index (κ3) is 1.99. The Morgan fingerprint density at radius 3 is 2.91 bits per heavy atom. The number of nitrogens with zero attached hydrogens (tertiary/aromatic N) is 3. The van der Waals surface area contributed by atoms with Crippen molar-refractivity contribution in [3.05, 3.63) is 41.2 Å². The van der Waals surface area contributed by atoms with Crippen molar-refractivity contribution in [2.45, 2.75) is 13.0 Å². The number of aromatic nitrogens is 2. The number of H-pyrrole nitrogens is 1. The van der Waals surface area contributed by atoms with Crippen molar-refractivity contribution in [3.8, 4) is 0 Å². The van der Waals surface area contributed by atoms with E-state index in [-0.39, 0.29) is 5.91 Å². The molecule has 2 N–H and O–H groups in total. The van der Waals surface area contributed by atoms with Gasteiger partial charge in [-0.1, -0.05) is 12.1 Å². The fourth-order valence-corrected chi connectivity index (χ4v) is 3.25. The van der Waals surface area contributed by atoms with Gasteiger partial charge in [-0.15, -0.1) is 0 Å². The second-order valence-corrected chi connectivity index (χ2v) is 5.82. The van der Waals surface area contributed by atoms with E-state index in [9.17, 15) is 4.79 Å². The van der Waals surface area contributed by atoms with Gasteiger partial charge in [0, 0.05) is 50.9 Å². The number of benzene rings is 1. The van der Waals surface area contributed by atoms with Crippen molar-refractivity contribution < 1.29 is 4.79 Å². The molecule has 0 saturated carbocycles. The summed E-state index contributed by atoms with van der Waals surface area (Å²) < 4.78 is 0. The lowest BCUT2D eigenvalue weighted by atomic mass is 10.1. The Labute approximate surface area is 129 Å². The summed E-state index contributed by atoms with van der Waals surface area (Å²) in [7, 11) is 2.06. The summed E-state index contributed by atoms with van der Waals surface area (Å²) in [6.45, 7) is 3.15. The lowest BCUT2D eigenvalue weighted by Crippen LogP contribution is -2.43. The Morgan fingerprint density at radius 2 is 2.05 bits per heavy atom. The van der Waals surface area contributed by atoms with Crippen LogP contribution in [0.3, 0.4) is 0 Å². The zero-order chi connectivity index (χ0) is 15.1. The first-order valence-electron chi connectivity index (χ1n) is 7.64. The van der Waals surface area contributed by atoms with Crippen molar-refractivity contribution in [2.24, 2.45) is 0 Å². The summed E-state index contributed by atoms with van der Waals surface area (Å²) in [5, 5.41) is 10.6. The molecule has 114 valence electrons. The summed E-state index contributed by atoms with van der Waals surface area (Å²) >= 11 is 0. The highest BCUT2D eigenvalue weighted by Gasteiger charge is 2.30. The number of carbonyl (C=O) groups excluding carboxylic acids is 1. The van der Waals surface area contributed by atoms with Gasteiger partial charge in [0.15, 0.2) is 5.69 Å². The van der Waals surface area contributed by atoms with Crippen LogP contribution in [0.1, 0.15) is 21.7 Å². The molecular formula is C16H19N5O. The average Bonchev–Trinajstić information content (AvgIpc) is 2.99. The highest BCUT2D eigenvalue weighted by Crippen LogP contribution is 2.33. The van der Waals surface area contributed by atoms with Crippen LogP contribution < -0.4 is 15.1 Å². The monoisotopic (exact) mass is 297 g/mol. The van der Waals surface area contributed by atoms with E-state index in [1.165, 1.54) is 0 Å². The summed E-state index contributed by atoms with van der Waals surface area (Å²) in [5.74, 6) is -0.0123. The molecule has 0 aliphatic carbocycles. The van der Waals surface area contributed by atoms with E-state index in [0.717, 1.165) is 42.1 Å². The molecule has 1 aromatic carbocycles. The fraction of sp³-hybridized carbons (Fsp3) is 0.375. The number of amides is 1. The van der Waals surface area contributed by atoms with Gasteiger partial charge in [0.1, 0.15) is 0 Å². The minimum absolute atomic E-state index is 0.0123. The maximum Gasteiger partial charge on any atom is 0.279 e. The van der Waals surface area contributed by atoms with Gasteiger partial charge in [-0.2, -0.15) is 5.10 Å². The predicted molar refractivity (Wildman–Crippen MR) is 85.4 cm³/mol. The largest absolute Gasteiger partial charge is 0.371 e. The van der Waals surface area contributed by atoms with Gasteiger partial charge in [0.2, 0.25) is 0 Å². The maximum atomic E-state index is 13.0. The third-order valence-corrected chi connectivity index (χ3v) is 4.50. The Kier molecular flexibility index (Phi) is 3.11. The topological polar surface area (TPSA) is 64.3 Å². The molecule has 2 aliphatic heterocycles. The van der Waals surface area contributed by atoms with E-state index in [1.54, 1.807) is 0 Å². The van der Waals surface area contributed by atoms with E-state index in [2.05, 4.69) is 33.5 Å². The van der Waals surface area contributed by atoms with Crippen LogP contribution in [-0.4, -0.2) is 42.8 Å². The Bertz CT molecular complexity index is 723. The molecule has 0 saturated heterocycles. The van der Waals surface area contributed by atoms with Crippen LogP contribution in [0.2, 0.25) is 0 Å². The van der Waals surface area contributed by atoms with Crippen LogP contribution in [0.5, 0.6) is 0 Å². The normalized spacial score (nSPS) is 17.1. The molecule has 0 unspecified atom stereocenters. The summed E-state index contributed by atoms with van der Waals surface area (Å²) in [5.41, 5.74) is 4.71. The second kappa shape index (κ2) is 5.14. The Morgan fingerprint density at radius 1 is 1.23 bits per heavy atom. The first-order chi connectivity index (χ1) is 10.8. The lowest BCUT2D eigenvalue weighted by molar-refractivity contribution is 0.0981. The summed E-state index contributed by atoms with van der Waals surface area (Å²) in [6, 6.07) is 8.03. The number of hydrogen-bond acceptors (Lipinski definition) is 4. The molecule has 0 spiro atoms. The molecule has 22 heavy (non-hydrogen) atoms. The second-order valence-electron chi connectivity index (χ2n) is 5.82. The molecule has 3 heterocycles. The fourth-order valence-electron chi connectivity index (χ4n) is 3.25. The molecular weight excluding hydrogens is 278 g/mol. The minimum atomic E-state index is -0.0123. The number of likely N-dealkylation sites (N-methyl/N-ethyl adjacent to an activating group) is 1. The number of aromatic amines is 1. The number of hydrogen-bond donors (Lipinski definition) is 2. The highest BCUT2D eigenvalue weighted by molar-refractivity contribution is 6.08. The number of nitrogens with one attached hydrogen (secondary N) is 2. The smallest absolute Gasteiger partial charge is 0.279 e. The first kappa shape index (κ1) is 13.3. The van der Waals surface area contributed by atoms with Gasteiger partial charge < -0.3 is 15.1 Å². The lowest BCUT2D eigenvalue weighted by Gasteiger charge is -2.35. The summed E-state index contributed by atoms with van der Waals surface area (Å²) in [6.07, 6.45) is 0.898. The summed E-state index contributed by atoms with van der Waals surface area (Å²) in [4.78, 5) is 17.0. The van der Waals surface area contributed by atoms with Gasteiger partial charge in [0.25, 0.3) is 5.91 Å². The van der Waals surface area contributed by atoms with Crippen LogP contribution in [0, 0.1) is 0 Å². The van der Waals surface area contributed by atoms with E-state index in [0.29, 0.717) is 18.8 Å². The van der Waals surface area contributed by atoms with Crippen molar-refractivity contribution in [2.75, 3.05) is 36.5 Å². The zero-order valence-corrected chi connectivity index (χ0v) is 12.6. The van der Waals surface area contributed by atoms with Gasteiger partial charge in [-0.05, 0) is 12.1 Å². The average molecular weight is 297 g/mol. The quantitative estimate of drug-likeness (QED) is 0.829. The first-order valence-corrected chi connectivity index (χ1v) is 7.64. The van der Waals surface area contributed by atoms with Crippen molar-refractivity contribution in [3.63, 3.8) is 0 Å². The van der Waals surface area contributed by atoms with Gasteiger partial charge in [-0.25, -0.2) is 0 Å². The molecule has 0 radical (unpaired) electrons. The van der Waals surface area contributed by atoms with E-state index >= 15 is 0 Å². The van der Waals surface area contributed by atoms with Gasteiger partial charge in [0.05, 0.1) is 11.4 Å². The molecule has 1 amide bonds. The Balaban J connectivity index is 1.72. The molecule has 0 atom stereocenters. The SMILES string of the molecule is CN1CCN(C(=O)c2n[nH]c3c2CNCC3)c2ccccc21. The third-order valence-electron chi connectivity index (χ3n) is 4.50. The molecule has 4 rings (SSSR count). The van der Waals surface area contributed by atoms with Crippen LogP contribution in [0.15, 0.2) is 24.3 Å². The Hall–Kier alpha value is -2.34. The van der Waals surface area contributed by atoms with Crippen molar-refractivity contribution in [1.82, 2.24) is 15.5 Å².